The maximum Gasteiger partial charge on any atom is 0.410 e. The van der Waals surface area contributed by atoms with Crippen LogP contribution in [0.25, 0.3) is 0 Å². The molecule has 2 amide bonds. The molecule has 1 saturated heterocycles. The van der Waals surface area contributed by atoms with Crippen molar-refractivity contribution in [2.45, 2.75) is 26.3 Å². The van der Waals surface area contributed by atoms with Crippen molar-refractivity contribution in [2.24, 2.45) is 5.73 Å². The minimum absolute atomic E-state index is 0.0471. The Hall–Kier alpha value is -3.69. The highest BCUT2D eigenvalue weighted by Gasteiger charge is 2.31. The van der Waals surface area contributed by atoms with Crippen molar-refractivity contribution >= 4 is 29.6 Å². The summed E-state index contributed by atoms with van der Waals surface area (Å²) in [5, 5.41) is 3.15. The molecule has 0 radical (unpaired) electrons. The zero-order valence-electron chi connectivity index (χ0n) is 18.0. The summed E-state index contributed by atoms with van der Waals surface area (Å²) in [7, 11) is 1.89. The highest BCUT2D eigenvalue weighted by Crippen LogP contribution is 2.23. The normalized spacial score (nSPS) is 15.5. The third kappa shape index (κ3) is 5.27. The molecule has 2 heterocycles. The number of hydrogen-bond acceptors (Lipinski definition) is 8. The van der Waals surface area contributed by atoms with Gasteiger partial charge in [0.15, 0.2) is 0 Å². The number of anilines is 3. The van der Waals surface area contributed by atoms with Gasteiger partial charge < -0.3 is 25.6 Å². The van der Waals surface area contributed by atoms with Crippen LogP contribution in [0.2, 0.25) is 0 Å². The number of ether oxygens (including phenoxy) is 1. The van der Waals surface area contributed by atoms with Gasteiger partial charge in [0, 0.05) is 31.4 Å². The smallest absolute Gasteiger partial charge is 0.410 e. The molecule has 1 aliphatic rings. The van der Waals surface area contributed by atoms with E-state index >= 15 is 0 Å². The van der Waals surface area contributed by atoms with Crippen LogP contribution in [-0.4, -0.2) is 64.6 Å². The van der Waals surface area contributed by atoms with Gasteiger partial charge in [-0.25, -0.2) is 4.79 Å². The lowest BCUT2D eigenvalue weighted by Crippen LogP contribution is -2.37. The van der Waals surface area contributed by atoms with Crippen LogP contribution in [0.1, 0.15) is 28.2 Å². The van der Waals surface area contributed by atoms with E-state index in [0.717, 1.165) is 12.0 Å². The van der Waals surface area contributed by atoms with Gasteiger partial charge in [-0.3, -0.25) is 4.79 Å². The molecule has 10 heteroatoms. The van der Waals surface area contributed by atoms with Crippen LogP contribution < -0.4 is 16.0 Å². The maximum absolute atomic E-state index is 12.1. The van der Waals surface area contributed by atoms with Gasteiger partial charge in [-0.05, 0) is 38.0 Å². The summed E-state index contributed by atoms with van der Waals surface area (Å²) >= 11 is 0. The Kier molecular flexibility index (Phi) is 6.68. The van der Waals surface area contributed by atoms with Crippen LogP contribution in [0.4, 0.5) is 22.4 Å². The Morgan fingerprint density at radius 2 is 2.13 bits per heavy atom. The number of rotatable bonds is 7. The van der Waals surface area contributed by atoms with Gasteiger partial charge in [-0.15, -0.1) is 0 Å². The van der Waals surface area contributed by atoms with Crippen molar-refractivity contribution in [2.75, 3.05) is 37.0 Å². The zero-order valence-corrected chi connectivity index (χ0v) is 18.0. The molecule has 1 atom stereocenters. The first kappa shape index (κ1) is 22.0. The first-order valence-electron chi connectivity index (χ1n) is 9.94. The minimum Gasteiger partial charge on any atom is -0.445 e. The second-order valence-corrected chi connectivity index (χ2v) is 7.39. The second-order valence-electron chi connectivity index (χ2n) is 7.39. The topological polar surface area (TPSA) is 127 Å². The predicted octanol–water partition coefficient (Wildman–Crippen LogP) is 2.16. The summed E-state index contributed by atoms with van der Waals surface area (Å²) in [4.78, 5) is 40.5. The van der Waals surface area contributed by atoms with E-state index < -0.39 is 5.91 Å². The molecule has 1 aliphatic heterocycles. The fraction of sp³-hybridized carbons (Fsp3) is 0.381. The van der Waals surface area contributed by atoms with Gasteiger partial charge >= 0.3 is 6.09 Å². The summed E-state index contributed by atoms with van der Waals surface area (Å²) in [5.74, 6) is 0.889. The lowest BCUT2D eigenvalue weighted by molar-refractivity contribution is 0.1000. The maximum atomic E-state index is 12.1. The molecule has 0 bridgehead atoms. The average molecular weight is 425 g/mol. The number of aryl methyl sites for hydroxylation is 2. The average Bonchev–Trinajstić information content (AvgIpc) is 3.22. The molecule has 10 nitrogen and oxygen atoms in total. The molecule has 3 N–H and O–H groups in total. The molecule has 1 aromatic carbocycles. The number of amides is 2. The van der Waals surface area contributed by atoms with Crippen LogP contribution in [-0.2, 0) is 4.74 Å². The van der Waals surface area contributed by atoms with E-state index in [1.165, 1.54) is 0 Å². The van der Waals surface area contributed by atoms with E-state index in [4.69, 9.17) is 10.5 Å². The number of likely N-dealkylation sites (N-methyl/N-ethyl adjacent to an activating group) is 1. The standard InChI is InChI=1S/C21H27N7O3/c1-5-10-31-21(30)28-9-8-16(12-28)27(4)20-24-14(3)23-19(26-20)25-17-11-15(18(22)29)7-6-13(17)2/h5-7,11,16H,1,8-10,12H2,2-4H3,(H2,22,29)(H,23,24,25,26). The summed E-state index contributed by atoms with van der Waals surface area (Å²) in [5.41, 5.74) is 7.39. The Morgan fingerprint density at radius 1 is 1.35 bits per heavy atom. The number of likely N-dealkylation sites (tertiary alicyclic amines) is 1. The Bertz CT molecular complexity index is 995. The molecule has 1 fully saturated rings. The predicted molar refractivity (Wildman–Crippen MR) is 117 cm³/mol. The van der Waals surface area contributed by atoms with E-state index in [-0.39, 0.29) is 18.7 Å². The summed E-state index contributed by atoms with van der Waals surface area (Å²) in [6.45, 7) is 8.54. The highest BCUT2D eigenvalue weighted by molar-refractivity contribution is 5.94. The number of nitrogens with zero attached hydrogens (tertiary/aromatic N) is 5. The number of hydrogen-bond donors (Lipinski definition) is 2. The number of nitrogens with two attached hydrogens (primary N) is 1. The third-order valence-corrected chi connectivity index (χ3v) is 5.11. The molecule has 0 saturated carbocycles. The van der Waals surface area contributed by atoms with E-state index in [1.807, 2.05) is 24.9 Å². The van der Waals surface area contributed by atoms with Crippen molar-refractivity contribution in [1.82, 2.24) is 19.9 Å². The van der Waals surface area contributed by atoms with Crippen molar-refractivity contribution in [1.29, 1.82) is 0 Å². The van der Waals surface area contributed by atoms with Gasteiger partial charge in [0.2, 0.25) is 17.8 Å². The molecule has 2 aromatic rings. The highest BCUT2D eigenvalue weighted by atomic mass is 16.6. The quantitative estimate of drug-likeness (QED) is 0.646. The van der Waals surface area contributed by atoms with Gasteiger partial charge in [0.05, 0.1) is 6.04 Å². The molecule has 164 valence electrons. The van der Waals surface area contributed by atoms with E-state index in [2.05, 4.69) is 26.8 Å². The lowest BCUT2D eigenvalue weighted by Gasteiger charge is -2.25. The largest absolute Gasteiger partial charge is 0.445 e. The van der Waals surface area contributed by atoms with Crippen molar-refractivity contribution in [3.8, 4) is 0 Å². The third-order valence-electron chi connectivity index (χ3n) is 5.11. The Balaban J connectivity index is 1.75. The number of carbonyl (C=O) groups excluding carboxylic acids is 2. The van der Waals surface area contributed by atoms with E-state index in [9.17, 15) is 9.59 Å². The van der Waals surface area contributed by atoms with Crippen LogP contribution in [0.5, 0.6) is 0 Å². The zero-order chi connectivity index (χ0) is 22.5. The minimum atomic E-state index is -0.507. The Labute approximate surface area is 181 Å². The molecule has 0 spiro atoms. The molecular weight excluding hydrogens is 398 g/mol. The number of benzene rings is 1. The van der Waals surface area contributed by atoms with E-state index in [1.54, 1.807) is 30.0 Å². The van der Waals surface area contributed by atoms with Gasteiger partial charge in [-0.1, -0.05) is 18.7 Å². The molecule has 0 aliphatic carbocycles. The van der Waals surface area contributed by atoms with Crippen LogP contribution in [0, 0.1) is 13.8 Å². The van der Waals surface area contributed by atoms with Crippen LogP contribution >= 0.6 is 0 Å². The molecule has 1 aromatic heterocycles. The first-order chi connectivity index (χ1) is 14.8. The molecule has 3 rings (SSSR count). The molecule has 31 heavy (non-hydrogen) atoms. The van der Waals surface area contributed by atoms with Crippen molar-refractivity contribution < 1.29 is 14.3 Å². The lowest BCUT2D eigenvalue weighted by atomic mass is 10.1. The number of primary amides is 1. The first-order valence-corrected chi connectivity index (χ1v) is 9.94. The molecule has 1 unspecified atom stereocenters. The van der Waals surface area contributed by atoms with Crippen LogP contribution in [0.15, 0.2) is 30.9 Å². The molecular formula is C21H27N7O3. The number of carbonyl (C=O) groups is 2. The van der Waals surface area contributed by atoms with Gasteiger partial charge in [-0.2, -0.15) is 15.0 Å². The Morgan fingerprint density at radius 3 is 2.84 bits per heavy atom. The second kappa shape index (κ2) is 9.41. The summed E-state index contributed by atoms with van der Waals surface area (Å²) in [6.07, 6.45) is 1.96. The SMILES string of the molecule is C=CCOC(=O)N1CCC(N(C)c2nc(C)nc(Nc3cc(C(N)=O)ccc3C)n2)C1. The number of nitrogens with one attached hydrogen (secondary N) is 1. The fourth-order valence-electron chi connectivity index (χ4n) is 3.32. The fourth-order valence-corrected chi connectivity index (χ4v) is 3.32. The van der Waals surface area contributed by atoms with Gasteiger partial charge in [0.25, 0.3) is 0 Å². The van der Waals surface area contributed by atoms with Crippen molar-refractivity contribution in [3.05, 3.63) is 47.8 Å². The summed E-state index contributed by atoms with van der Waals surface area (Å²) < 4.78 is 5.12. The number of aromatic nitrogens is 3. The monoisotopic (exact) mass is 425 g/mol. The van der Waals surface area contributed by atoms with Crippen molar-refractivity contribution in [3.63, 3.8) is 0 Å². The van der Waals surface area contributed by atoms with Crippen LogP contribution in [0.3, 0.4) is 0 Å². The van der Waals surface area contributed by atoms with E-state index in [0.29, 0.717) is 42.1 Å². The summed E-state index contributed by atoms with van der Waals surface area (Å²) in [6, 6.07) is 5.20. The van der Waals surface area contributed by atoms with Gasteiger partial charge in [0.1, 0.15) is 12.4 Å².